The van der Waals surface area contributed by atoms with Gasteiger partial charge in [0.15, 0.2) is 17.6 Å². The number of rotatable bonds is 9. The fourth-order valence-corrected chi connectivity index (χ4v) is 4.25. The quantitative estimate of drug-likeness (QED) is 0.264. The molecule has 180 valence electrons. The van der Waals surface area contributed by atoms with Gasteiger partial charge in [0.1, 0.15) is 12.2 Å². The molecule has 0 aliphatic heterocycles. The molecule has 1 atom stereocenters. The minimum absolute atomic E-state index is 0.0124. The van der Waals surface area contributed by atoms with Crippen molar-refractivity contribution in [3.05, 3.63) is 87.5 Å². The molecule has 1 aliphatic rings. The fourth-order valence-electron chi connectivity index (χ4n) is 4.25. The van der Waals surface area contributed by atoms with Gasteiger partial charge in [0.2, 0.25) is 0 Å². The van der Waals surface area contributed by atoms with Gasteiger partial charge in [-0.1, -0.05) is 55.5 Å². The zero-order chi connectivity index (χ0) is 25.1. The van der Waals surface area contributed by atoms with Crippen molar-refractivity contribution in [3.63, 3.8) is 0 Å². The number of carboxylic acid groups (broad SMARTS) is 1. The normalized spacial score (nSPS) is 12.9. The number of fused-ring (bicyclic) bond motifs is 3. The van der Waals surface area contributed by atoms with Crippen LogP contribution in [0.15, 0.2) is 60.7 Å². The van der Waals surface area contributed by atoms with E-state index in [1.807, 2.05) is 48.5 Å². The second kappa shape index (κ2) is 9.84. The molecule has 4 rings (SSSR count). The van der Waals surface area contributed by atoms with Gasteiger partial charge in [-0.3, -0.25) is 10.1 Å². The first-order valence-electron chi connectivity index (χ1n) is 11.0. The zero-order valence-corrected chi connectivity index (χ0v) is 19.1. The SMILES string of the molecule is CCC(Oc1cc([N+](=O)[O-])c(C(=O)OCC2c3ccccc3-c3ccccc32)cc1OC)C(=O)O. The largest absolute Gasteiger partial charge is 0.493 e. The summed E-state index contributed by atoms with van der Waals surface area (Å²) in [6.07, 6.45) is -1.11. The van der Waals surface area contributed by atoms with E-state index in [1.165, 1.54) is 7.11 Å². The molecule has 1 aliphatic carbocycles. The van der Waals surface area contributed by atoms with E-state index in [-0.39, 0.29) is 36.0 Å². The summed E-state index contributed by atoms with van der Waals surface area (Å²) in [5, 5.41) is 21.0. The maximum atomic E-state index is 13.0. The highest BCUT2D eigenvalue weighted by Gasteiger charge is 2.32. The lowest BCUT2D eigenvalue weighted by molar-refractivity contribution is -0.385. The first-order chi connectivity index (χ1) is 16.8. The van der Waals surface area contributed by atoms with Gasteiger partial charge in [-0.2, -0.15) is 0 Å². The Labute approximate surface area is 201 Å². The molecule has 1 N–H and O–H groups in total. The van der Waals surface area contributed by atoms with Crippen LogP contribution in [0.25, 0.3) is 11.1 Å². The van der Waals surface area contributed by atoms with Crippen LogP contribution in [-0.4, -0.2) is 41.8 Å². The standard InChI is InChI=1S/C26H23NO8/c1-3-22(25(28)29)35-24-13-21(27(31)32)19(12-23(24)33-2)26(30)34-14-20-17-10-6-4-8-15(17)16-9-5-7-11-18(16)20/h4-13,20,22H,3,14H2,1-2H3,(H,28,29). The van der Waals surface area contributed by atoms with Crippen LogP contribution in [0.2, 0.25) is 0 Å². The van der Waals surface area contributed by atoms with E-state index in [4.69, 9.17) is 14.2 Å². The summed E-state index contributed by atoms with van der Waals surface area (Å²) >= 11 is 0. The average Bonchev–Trinajstić information content (AvgIpc) is 3.18. The Hall–Kier alpha value is -4.40. The predicted molar refractivity (Wildman–Crippen MR) is 126 cm³/mol. The molecular formula is C26H23NO8. The lowest BCUT2D eigenvalue weighted by atomic mass is 9.98. The summed E-state index contributed by atoms with van der Waals surface area (Å²) in [7, 11) is 1.29. The number of nitro benzene ring substituents is 1. The number of ether oxygens (including phenoxy) is 3. The predicted octanol–water partition coefficient (Wildman–Crippen LogP) is 4.81. The van der Waals surface area contributed by atoms with Gasteiger partial charge < -0.3 is 19.3 Å². The van der Waals surface area contributed by atoms with Crippen LogP contribution in [0.1, 0.15) is 40.7 Å². The first kappa shape index (κ1) is 23.7. The Morgan fingerprint density at radius 2 is 1.63 bits per heavy atom. The van der Waals surface area contributed by atoms with Crippen LogP contribution < -0.4 is 9.47 Å². The highest BCUT2D eigenvalue weighted by molar-refractivity contribution is 5.95. The lowest BCUT2D eigenvalue weighted by Crippen LogP contribution is -2.26. The van der Waals surface area contributed by atoms with Crippen LogP contribution in [0.4, 0.5) is 5.69 Å². The highest BCUT2D eigenvalue weighted by Crippen LogP contribution is 2.45. The smallest absolute Gasteiger partial charge is 0.345 e. The molecular weight excluding hydrogens is 454 g/mol. The number of hydrogen-bond acceptors (Lipinski definition) is 7. The molecule has 3 aromatic carbocycles. The van der Waals surface area contributed by atoms with E-state index in [0.29, 0.717) is 0 Å². The third-order valence-electron chi connectivity index (χ3n) is 5.96. The second-order valence-corrected chi connectivity index (χ2v) is 7.96. The lowest BCUT2D eigenvalue weighted by Gasteiger charge is -2.17. The molecule has 0 aromatic heterocycles. The van der Waals surface area contributed by atoms with Gasteiger partial charge in [-0.05, 0) is 28.7 Å². The molecule has 0 heterocycles. The monoisotopic (exact) mass is 477 g/mol. The number of hydrogen-bond donors (Lipinski definition) is 1. The fraction of sp³-hybridized carbons (Fsp3) is 0.231. The molecule has 9 heteroatoms. The first-order valence-corrected chi connectivity index (χ1v) is 11.0. The van der Waals surface area contributed by atoms with Crippen molar-refractivity contribution < 1.29 is 33.8 Å². The number of methoxy groups -OCH3 is 1. The molecule has 0 amide bonds. The van der Waals surface area contributed by atoms with E-state index in [0.717, 1.165) is 34.4 Å². The van der Waals surface area contributed by atoms with Crippen molar-refractivity contribution >= 4 is 17.6 Å². The number of carboxylic acids is 1. The van der Waals surface area contributed by atoms with E-state index in [9.17, 15) is 24.8 Å². The molecule has 35 heavy (non-hydrogen) atoms. The van der Waals surface area contributed by atoms with Crippen molar-refractivity contribution in [1.29, 1.82) is 0 Å². The minimum Gasteiger partial charge on any atom is -0.493 e. The van der Waals surface area contributed by atoms with Crippen molar-refractivity contribution in [1.82, 2.24) is 0 Å². The van der Waals surface area contributed by atoms with Gasteiger partial charge in [-0.15, -0.1) is 0 Å². The summed E-state index contributed by atoms with van der Waals surface area (Å²) < 4.78 is 16.2. The van der Waals surface area contributed by atoms with Crippen LogP contribution >= 0.6 is 0 Å². The molecule has 0 saturated heterocycles. The number of esters is 1. The molecule has 1 unspecified atom stereocenters. The number of aliphatic carboxylic acids is 1. The summed E-state index contributed by atoms with van der Waals surface area (Å²) in [5.74, 6) is -2.50. The summed E-state index contributed by atoms with van der Waals surface area (Å²) in [6, 6.07) is 17.8. The molecule has 9 nitrogen and oxygen atoms in total. The van der Waals surface area contributed by atoms with Gasteiger partial charge in [0, 0.05) is 12.0 Å². The van der Waals surface area contributed by atoms with Crippen LogP contribution in [0.5, 0.6) is 11.5 Å². The van der Waals surface area contributed by atoms with Crippen molar-refractivity contribution in [2.45, 2.75) is 25.4 Å². The van der Waals surface area contributed by atoms with Crippen LogP contribution in [0, 0.1) is 10.1 Å². The minimum atomic E-state index is -1.23. The van der Waals surface area contributed by atoms with Gasteiger partial charge >= 0.3 is 11.9 Å². The highest BCUT2D eigenvalue weighted by atomic mass is 16.6. The Morgan fingerprint density at radius 3 is 2.14 bits per heavy atom. The van der Waals surface area contributed by atoms with Crippen LogP contribution in [0.3, 0.4) is 0 Å². The summed E-state index contributed by atoms with van der Waals surface area (Å²) in [5.41, 5.74) is 3.25. The summed E-state index contributed by atoms with van der Waals surface area (Å²) in [6.45, 7) is 1.59. The maximum absolute atomic E-state index is 13.0. The second-order valence-electron chi connectivity index (χ2n) is 7.96. The maximum Gasteiger partial charge on any atom is 0.345 e. The molecule has 0 spiro atoms. The van der Waals surface area contributed by atoms with Crippen LogP contribution in [-0.2, 0) is 9.53 Å². The van der Waals surface area contributed by atoms with Crippen molar-refractivity contribution in [2.24, 2.45) is 0 Å². The Morgan fingerprint density at radius 1 is 1.03 bits per heavy atom. The Balaban J connectivity index is 1.62. The van der Waals surface area contributed by atoms with Gasteiger partial charge in [0.05, 0.1) is 18.1 Å². The number of carbonyl (C=O) groups excluding carboxylic acids is 1. The molecule has 3 aromatic rings. The summed E-state index contributed by atoms with van der Waals surface area (Å²) in [4.78, 5) is 35.3. The zero-order valence-electron chi connectivity index (χ0n) is 19.1. The number of nitro groups is 1. The third-order valence-corrected chi connectivity index (χ3v) is 5.96. The van der Waals surface area contributed by atoms with E-state index in [1.54, 1.807) is 6.92 Å². The van der Waals surface area contributed by atoms with Gasteiger partial charge in [-0.25, -0.2) is 9.59 Å². The van der Waals surface area contributed by atoms with Crippen molar-refractivity contribution in [3.8, 4) is 22.6 Å². The molecule has 0 saturated carbocycles. The van der Waals surface area contributed by atoms with Gasteiger partial charge in [0.25, 0.3) is 5.69 Å². The van der Waals surface area contributed by atoms with E-state index >= 15 is 0 Å². The van der Waals surface area contributed by atoms with Crippen molar-refractivity contribution in [2.75, 3.05) is 13.7 Å². The number of nitrogens with zero attached hydrogens (tertiary/aromatic N) is 1. The Bertz CT molecular complexity index is 1260. The molecule has 0 radical (unpaired) electrons. The number of benzene rings is 3. The van der Waals surface area contributed by atoms with E-state index in [2.05, 4.69) is 0 Å². The Kier molecular flexibility index (Phi) is 6.68. The number of carbonyl (C=O) groups is 2. The topological polar surface area (TPSA) is 125 Å². The third kappa shape index (κ3) is 4.52. The van der Waals surface area contributed by atoms with E-state index < -0.39 is 28.7 Å². The average molecular weight is 477 g/mol. The molecule has 0 bridgehead atoms. The molecule has 0 fully saturated rings.